The van der Waals surface area contributed by atoms with E-state index in [-0.39, 0.29) is 28.7 Å². The summed E-state index contributed by atoms with van der Waals surface area (Å²) in [5, 5.41) is 3.94. The van der Waals surface area contributed by atoms with Gasteiger partial charge in [0.1, 0.15) is 11.0 Å². The monoisotopic (exact) mass is 561 g/mol. The first-order valence-corrected chi connectivity index (χ1v) is 14.2. The lowest BCUT2D eigenvalue weighted by atomic mass is 10.00. The fourth-order valence-corrected chi connectivity index (χ4v) is 5.70. The summed E-state index contributed by atoms with van der Waals surface area (Å²) >= 11 is 0. The predicted octanol–water partition coefficient (Wildman–Crippen LogP) is 3.40. The first kappa shape index (κ1) is 27.1. The maximum Gasteiger partial charge on any atom is 0.267 e. The Balaban J connectivity index is 1.41. The number of amides is 1. The minimum absolute atomic E-state index is 0.0163. The van der Waals surface area contributed by atoms with Gasteiger partial charge in [-0.25, -0.2) is 18.1 Å². The molecule has 0 aliphatic carbocycles. The zero-order chi connectivity index (χ0) is 28.8. The Kier molecular flexibility index (Phi) is 6.96. The molecule has 11 nitrogen and oxygen atoms in total. The van der Waals surface area contributed by atoms with Crippen molar-refractivity contribution in [2.24, 2.45) is 7.05 Å². The van der Waals surface area contributed by atoms with E-state index >= 15 is 0 Å². The third-order valence-corrected chi connectivity index (χ3v) is 8.12. The van der Waals surface area contributed by atoms with Crippen LogP contribution in [-0.2, 0) is 17.1 Å². The molecule has 2 aromatic heterocycles. The summed E-state index contributed by atoms with van der Waals surface area (Å²) in [4.78, 5) is 23.6. The van der Waals surface area contributed by atoms with Crippen molar-refractivity contribution in [1.29, 1.82) is 0 Å². The molecule has 0 unspecified atom stereocenters. The minimum atomic E-state index is -3.99. The summed E-state index contributed by atoms with van der Waals surface area (Å²) in [6, 6.07) is 11.3. The highest BCUT2D eigenvalue weighted by Gasteiger charge is 2.34. The van der Waals surface area contributed by atoms with Crippen molar-refractivity contribution < 1.29 is 17.9 Å². The number of anilines is 2. The van der Waals surface area contributed by atoms with Gasteiger partial charge in [0.15, 0.2) is 0 Å². The molecule has 4 aromatic rings. The van der Waals surface area contributed by atoms with Crippen LogP contribution in [0.25, 0.3) is 11.3 Å². The quantitative estimate of drug-likeness (QED) is 0.327. The number of hydrogen-bond acceptors (Lipinski definition) is 8. The average Bonchev–Trinajstić information content (AvgIpc) is 3.30. The highest BCUT2D eigenvalue weighted by Crippen LogP contribution is 2.31. The normalized spacial score (nSPS) is 13.7. The number of ether oxygens (including phenoxy) is 1. The lowest BCUT2D eigenvalue weighted by Gasteiger charge is -2.39. The molecule has 0 radical (unpaired) electrons. The lowest BCUT2D eigenvalue weighted by molar-refractivity contribution is 0.0161. The Hall–Kier alpha value is -4.45. The van der Waals surface area contributed by atoms with E-state index in [1.165, 1.54) is 17.1 Å². The molecule has 3 N–H and O–H groups in total. The van der Waals surface area contributed by atoms with Crippen LogP contribution in [0.2, 0.25) is 0 Å². The maximum absolute atomic E-state index is 13.1. The largest absolute Gasteiger partial charge is 0.470 e. The molecule has 40 heavy (non-hydrogen) atoms. The Morgan fingerprint density at radius 3 is 2.40 bits per heavy atom. The first-order valence-electron chi connectivity index (χ1n) is 12.7. The van der Waals surface area contributed by atoms with Gasteiger partial charge in [0.2, 0.25) is 11.8 Å². The van der Waals surface area contributed by atoms with Crippen LogP contribution in [0.4, 0.5) is 11.6 Å². The van der Waals surface area contributed by atoms with E-state index < -0.39 is 10.0 Å². The lowest BCUT2D eigenvalue weighted by Crippen LogP contribution is -2.56. The minimum Gasteiger partial charge on any atom is -0.470 e. The molecule has 0 atom stereocenters. The number of likely N-dealkylation sites (tertiary alicyclic amines) is 1. The number of hydrogen-bond donors (Lipinski definition) is 2. The Bertz CT molecular complexity index is 1710. The van der Waals surface area contributed by atoms with Gasteiger partial charge in [-0.1, -0.05) is 24.3 Å². The second-order valence-electron chi connectivity index (χ2n) is 10.1. The van der Waals surface area contributed by atoms with Crippen LogP contribution in [0.5, 0.6) is 5.88 Å². The van der Waals surface area contributed by atoms with Gasteiger partial charge in [-0.3, -0.25) is 9.48 Å². The van der Waals surface area contributed by atoms with Gasteiger partial charge in [-0.15, -0.1) is 0 Å². The molecule has 0 saturated carbocycles. The smallest absolute Gasteiger partial charge is 0.267 e. The molecular formula is C28H31N7O4S. The SMILES string of the molecule is Cc1cc(C)c(N)c(C(=O)N2CC(Oc3cc(-c4c(C)cccc4C)nc(NS(=O)(=O)c4cnn(C)c4)n3)C2)c1. The molecule has 1 fully saturated rings. The Morgan fingerprint density at radius 2 is 1.75 bits per heavy atom. The van der Waals surface area contributed by atoms with E-state index in [1.54, 1.807) is 24.1 Å². The average molecular weight is 562 g/mol. The summed E-state index contributed by atoms with van der Waals surface area (Å²) in [6.45, 7) is 8.39. The number of carbonyl (C=O) groups is 1. The molecule has 1 amide bonds. The third kappa shape index (κ3) is 5.34. The zero-order valence-electron chi connectivity index (χ0n) is 23.0. The Labute approximate surface area is 233 Å². The van der Waals surface area contributed by atoms with Crippen molar-refractivity contribution in [2.75, 3.05) is 23.5 Å². The van der Waals surface area contributed by atoms with Crippen LogP contribution in [0, 0.1) is 27.7 Å². The fourth-order valence-electron chi connectivity index (χ4n) is 4.77. The van der Waals surface area contributed by atoms with Gasteiger partial charge >= 0.3 is 0 Å². The number of nitrogen functional groups attached to an aromatic ring is 1. The number of aromatic nitrogens is 4. The topological polar surface area (TPSA) is 145 Å². The molecular weight excluding hydrogens is 530 g/mol. The number of benzene rings is 2. The predicted molar refractivity (Wildman–Crippen MR) is 152 cm³/mol. The molecule has 1 aliphatic rings. The molecule has 208 valence electrons. The summed E-state index contributed by atoms with van der Waals surface area (Å²) in [5.41, 5.74) is 12.3. The van der Waals surface area contributed by atoms with Crippen LogP contribution < -0.4 is 15.2 Å². The van der Waals surface area contributed by atoms with Crippen LogP contribution in [0.15, 0.2) is 53.7 Å². The van der Waals surface area contributed by atoms with E-state index in [0.29, 0.717) is 30.0 Å². The van der Waals surface area contributed by atoms with E-state index in [0.717, 1.165) is 27.8 Å². The van der Waals surface area contributed by atoms with Crippen LogP contribution in [0.3, 0.4) is 0 Å². The van der Waals surface area contributed by atoms with Gasteiger partial charge in [0.25, 0.3) is 15.9 Å². The van der Waals surface area contributed by atoms with E-state index in [4.69, 9.17) is 10.5 Å². The summed E-state index contributed by atoms with van der Waals surface area (Å²) in [6.07, 6.45) is 2.30. The molecule has 0 bridgehead atoms. The van der Waals surface area contributed by atoms with E-state index in [2.05, 4.69) is 19.8 Å². The van der Waals surface area contributed by atoms with Gasteiger partial charge < -0.3 is 15.4 Å². The molecule has 12 heteroatoms. The molecule has 1 aliphatic heterocycles. The van der Waals surface area contributed by atoms with Crippen LogP contribution in [-0.4, -0.2) is 58.2 Å². The van der Waals surface area contributed by atoms with Crippen molar-refractivity contribution in [1.82, 2.24) is 24.6 Å². The van der Waals surface area contributed by atoms with Crippen molar-refractivity contribution in [3.63, 3.8) is 0 Å². The summed E-state index contributed by atoms with van der Waals surface area (Å²) in [7, 11) is -2.36. The fraction of sp³-hybridized carbons (Fsp3) is 0.286. The molecule has 0 spiro atoms. The second-order valence-corrected chi connectivity index (χ2v) is 11.8. The van der Waals surface area contributed by atoms with Crippen LogP contribution in [0.1, 0.15) is 32.6 Å². The summed E-state index contributed by atoms with van der Waals surface area (Å²) in [5.74, 6) is -0.0956. The van der Waals surface area contributed by atoms with Gasteiger partial charge in [-0.2, -0.15) is 10.1 Å². The molecule has 1 saturated heterocycles. The van der Waals surface area contributed by atoms with E-state index in [9.17, 15) is 13.2 Å². The first-order chi connectivity index (χ1) is 18.9. The van der Waals surface area contributed by atoms with E-state index in [1.807, 2.05) is 52.0 Å². The third-order valence-electron chi connectivity index (χ3n) is 6.84. The highest BCUT2D eigenvalue weighted by atomic mass is 32.2. The van der Waals surface area contributed by atoms with Gasteiger partial charge in [0.05, 0.1) is 30.5 Å². The molecule has 5 rings (SSSR count). The molecule has 3 heterocycles. The number of aryl methyl sites for hydroxylation is 5. The summed E-state index contributed by atoms with van der Waals surface area (Å²) < 4.78 is 35.9. The van der Waals surface area contributed by atoms with Gasteiger partial charge in [0, 0.05) is 30.6 Å². The van der Waals surface area contributed by atoms with Crippen molar-refractivity contribution >= 4 is 27.6 Å². The number of sulfonamides is 1. The standard InChI is InChI=1S/C28H31N7O4S/c1-16-9-19(4)26(29)22(10-16)27(36)35-13-20(14-35)39-24-11-23(25-17(2)7-6-8-18(25)3)31-28(32-24)33-40(37,38)21-12-30-34(5)15-21/h6-12,15,20H,13-14,29H2,1-5H3,(H,31,32,33). The highest BCUT2D eigenvalue weighted by molar-refractivity contribution is 7.92. The number of nitrogens with two attached hydrogens (primary N) is 1. The maximum atomic E-state index is 13.1. The van der Waals surface area contributed by atoms with Crippen molar-refractivity contribution in [2.45, 2.75) is 38.7 Å². The zero-order valence-corrected chi connectivity index (χ0v) is 23.8. The second kappa shape index (κ2) is 10.3. The number of nitrogens with one attached hydrogen (secondary N) is 1. The number of rotatable bonds is 7. The Morgan fingerprint density at radius 1 is 1.05 bits per heavy atom. The van der Waals surface area contributed by atoms with Crippen LogP contribution >= 0.6 is 0 Å². The van der Waals surface area contributed by atoms with Crippen molar-refractivity contribution in [3.05, 3.63) is 76.6 Å². The number of nitrogens with zero attached hydrogens (tertiary/aromatic N) is 5. The van der Waals surface area contributed by atoms with Crippen molar-refractivity contribution in [3.8, 4) is 17.1 Å². The molecule has 2 aromatic carbocycles. The van der Waals surface area contributed by atoms with Gasteiger partial charge in [-0.05, 0) is 56.0 Å². The number of carbonyl (C=O) groups excluding carboxylic acids is 1.